The first-order valence-corrected chi connectivity index (χ1v) is 5.11. The van der Waals surface area contributed by atoms with E-state index in [2.05, 4.69) is 24.3 Å². The molecule has 0 aromatic heterocycles. The van der Waals surface area contributed by atoms with Gasteiger partial charge in [0.1, 0.15) is 5.82 Å². The molecule has 1 N–H and O–H groups in total. The second-order valence-electron chi connectivity index (χ2n) is 4.14. The molecule has 0 spiro atoms. The fourth-order valence-corrected chi connectivity index (χ4v) is 2.01. The van der Waals surface area contributed by atoms with E-state index in [-0.39, 0.29) is 5.82 Å². The lowest BCUT2D eigenvalue weighted by Crippen LogP contribution is -2.42. The zero-order valence-electron chi connectivity index (χ0n) is 9.50. The van der Waals surface area contributed by atoms with Crippen LogP contribution in [0.15, 0.2) is 12.1 Å². The summed E-state index contributed by atoms with van der Waals surface area (Å²) in [4.78, 5) is 0. The Bertz CT molecular complexity index is 390. The normalized spacial score (nSPS) is 15.7. The van der Waals surface area contributed by atoms with Crippen LogP contribution in [0.3, 0.4) is 0 Å². The summed E-state index contributed by atoms with van der Waals surface area (Å²) in [7, 11) is 1.93. The molecule has 1 aliphatic rings. The van der Waals surface area contributed by atoms with Gasteiger partial charge in [0, 0.05) is 18.7 Å². The number of nitrogens with zero attached hydrogens (tertiary/aromatic N) is 2. The second-order valence-corrected chi connectivity index (χ2v) is 4.14. The highest BCUT2D eigenvalue weighted by Gasteiger charge is 2.28. The fraction of sp³-hybridized carbons (Fsp3) is 0.455. The summed E-state index contributed by atoms with van der Waals surface area (Å²) in [5, 5.41) is 3.99. The van der Waals surface area contributed by atoms with Crippen molar-refractivity contribution in [2.75, 3.05) is 17.5 Å². The average molecular weight is 209 g/mol. The predicted molar refractivity (Wildman–Crippen MR) is 60.1 cm³/mol. The van der Waals surface area contributed by atoms with Crippen LogP contribution in [0.25, 0.3) is 0 Å². The van der Waals surface area contributed by atoms with Crippen molar-refractivity contribution in [3.05, 3.63) is 23.5 Å². The molecule has 0 amide bonds. The van der Waals surface area contributed by atoms with Crippen LogP contribution >= 0.6 is 0 Å². The molecule has 1 heterocycles. The van der Waals surface area contributed by atoms with Gasteiger partial charge in [-0.3, -0.25) is 10.4 Å². The minimum Gasteiger partial charge on any atom is -0.299 e. The molecule has 0 saturated carbocycles. The van der Waals surface area contributed by atoms with Crippen LogP contribution in [0.4, 0.5) is 15.8 Å². The number of fused-ring (bicyclic) bond motifs is 1. The van der Waals surface area contributed by atoms with Crippen LogP contribution in [0.5, 0.6) is 0 Å². The predicted octanol–water partition coefficient (Wildman–Crippen LogP) is 2.54. The highest BCUT2D eigenvalue weighted by molar-refractivity contribution is 5.76. The van der Waals surface area contributed by atoms with Crippen molar-refractivity contribution in [1.82, 2.24) is 5.12 Å². The SMILES string of the molecule is Cc1c(F)ccc2c1NN(C)N2C(C)C. The van der Waals surface area contributed by atoms with Crippen molar-refractivity contribution in [2.45, 2.75) is 26.8 Å². The lowest BCUT2D eigenvalue weighted by atomic mass is 10.1. The molecule has 82 valence electrons. The minimum atomic E-state index is -0.166. The Morgan fingerprint density at radius 3 is 2.60 bits per heavy atom. The van der Waals surface area contributed by atoms with E-state index < -0.39 is 0 Å². The quantitative estimate of drug-likeness (QED) is 0.766. The largest absolute Gasteiger partial charge is 0.299 e. The summed E-state index contributed by atoms with van der Waals surface area (Å²) in [6, 6.07) is 3.67. The van der Waals surface area contributed by atoms with Crippen molar-refractivity contribution < 1.29 is 4.39 Å². The molecule has 1 aliphatic heterocycles. The van der Waals surface area contributed by atoms with Gasteiger partial charge in [0.25, 0.3) is 0 Å². The number of halogens is 1. The Hall–Kier alpha value is -1.29. The number of rotatable bonds is 1. The van der Waals surface area contributed by atoms with Gasteiger partial charge in [-0.15, -0.1) is 5.12 Å². The molecule has 0 fully saturated rings. The van der Waals surface area contributed by atoms with Gasteiger partial charge < -0.3 is 0 Å². The minimum absolute atomic E-state index is 0.166. The van der Waals surface area contributed by atoms with Gasteiger partial charge in [0.05, 0.1) is 11.4 Å². The maximum atomic E-state index is 13.4. The van der Waals surface area contributed by atoms with E-state index in [4.69, 9.17) is 0 Å². The van der Waals surface area contributed by atoms with E-state index in [0.29, 0.717) is 11.6 Å². The van der Waals surface area contributed by atoms with E-state index in [0.717, 1.165) is 11.4 Å². The number of hydrogen-bond acceptors (Lipinski definition) is 3. The standard InChI is InChI=1S/C11H16FN3/c1-7(2)15-10-6-5-9(12)8(3)11(10)13-14(15)4/h5-7,13H,1-4H3. The first kappa shape index (κ1) is 10.2. The van der Waals surface area contributed by atoms with Crippen molar-refractivity contribution in [3.63, 3.8) is 0 Å². The van der Waals surface area contributed by atoms with Gasteiger partial charge in [-0.1, -0.05) is 0 Å². The van der Waals surface area contributed by atoms with Gasteiger partial charge >= 0.3 is 0 Å². The van der Waals surface area contributed by atoms with Crippen molar-refractivity contribution in [1.29, 1.82) is 0 Å². The number of hydrazine groups is 2. The molecular weight excluding hydrogens is 193 g/mol. The molecule has 0 saturated heterocycles. The maximum absolute atomic E-state index is 13.4. The molecule has 0 radical (unpaired) electrons. The highest BCUT2D eigenvalue weighted by atomic mass is 19.1. The Morgan fingerprint density at radius 2 is 2.00 bits per heavy atom. The smallest absolute Gasteiger partial charge is 0.128 e. The molecule has 1 aromatic carbocycles. The first-order chi connectivity index (χ1) is 7.02. The molecule has 3 nitrogen and oxygen atoms in total. The molecular formula is C11H16FN3. The number of benzene rings is 1. The van der Waals surface area contributed by atoms with E-state index in [9.17, 15) is 4.39 Å². The molecule has 4 heteroatoms. The van der Waals surface area contributed by atoms with E-state index >= 15 is 0 Å². The summed E-state index contributed by atoms with van der Waals surface area (Å²) in [5.74, 6) is -0.166. The topological polar surface area (TPSA) is 18.5 Å². The second kappa shape index (κ2) is 3.38. The molecule has 1 aromatic rings. The number of nitrogens with one attached hydrogen (secondary N) is 1. The van der Waals surface area contributed by atoms with E-state index in [1.54, 1.807) is 6.92 Å². The van der Waals surface area contributed by atoms with E-state index in [1.807, 2.05) is 18.2 Å². The average Bonchev–Trinajstić information content (AvgIpc) is 2.49. The Morgan fingerprint density at radius 1 is 1.33 bits per heavy atom. The van der Waals surface area contributed by atoms with E-state index in [1.165, 1.54) is 6.07 Å². The molecule has 2 rings (SSSR count). The Balaban J connectivity index is 2.52. The van der Waals surface area contributed by atoms with Crippen molar-refractivity contribution >= 4 is 11.4 Å². The van der Waals surface area contributed by atoms with Crippen molar-refractivity contribution in [3.8, 4) is 0 Å². The number of hydrogen-bond donors (Lipinski definition) is 1. The summed E-state index contributed by atoms with van der Waals surface area (Å²) < 4.78 is 13.4. The van der Waals surface area contributed by atoms with Gasteiger partial charge in [-0.05, 0) is 32.9 Å². The summed E-state index contributed by atoms with van der Waals surface area (Å²) in [6.07, 6.45) is 0. The van der Waals surface area contributed by atoms with Gasteiger partial charge in [0.2, 0.25) is 0 Å². The first-order valence-electron chi connectivity index (χ1n) is 5.11. The van der Waals surface area contributed by atoms with Crippen LogP contribution in [-0.2, 0) is 0 Å². The fourth-order valence-electron chi connectivity index (χ4n) is 2.01. The van der Waals surface area contributed by atoms with Gasteiger partial charge in [0.15, 0.2) is 0 Å². The Labute approximate surface area is 89.4 Å². The molecule has 0 atom stereocenters. The summed E-state index contributed by atoms with van der Waals surface area (Å²) in [5.41, 5.74) is 5.73. The van der Waals surface area contributed by atoms with Crippen LogP contribution in [0.2, 0.25) is 0 Å². The third-order valence-electron chi connectivity index (χ3n) is 2.71. The number of anilines is 2. The third kappa shape index (κ3) is 1.45. The van der Waals surface area contributed by atoms with Crippen molar-refractivity contribution in [2.24, 2.45) is 0 Å². The Kier molecular flexibility index (Phi) is 2.31. The molecule has 0 aliphatic carbocycles. The lowest BCUT2D eigenvalue weighted by molar-refractivity contribution is 0.355. The third-order valence-corrected chi connectivity index (χ3v) is 2.71. The monoisotopic (exact) mass is 209 g/mol. The van der Waals surface area contributed by atoms with Crippen LogP contribution in [0.1, 0.15) is 19.4 Å². The van der Waals surface area contributed by atoms with Gasteiger partial charge in [-0.25, -0.2) is 4.39 Å². The van der Waals surface area contributed by atoms with Crippen LogP contribution in [-0.4, -0.2) is 18.2 Å². The van der Waals surface area contributed by atoms with Crippen LogP contribution < -0.4 is 10.4 Å². The maximum Gasteiger partial charge on any atom is 0.128 e. The van der Waals surface area contributed by atoms with Gasteiger partial charge in [-0.2, -0.15) is 0 Å². The highest BCUT2D eigenvalue weighted by Crippen LogP contribution is 2.37. The summed E-state index contributed by atoms with van der Waals surface area (Å²) in [6.45, 7) is 6.00. The zero-order valence-corrected chi connectivity index (χ0v) is 9.50. The lowest BCUT2D eigenvalue weighted by Gasteiger charge is -2.29. The summed E-state index contributed by atoms with van der Waals surface area (Å²) >= 11 is 0. The zero-order chi connectivity index (χ0) is 11.2. The molecule has 15 heavy (non-hydrogen) atoms. The van der Waals surface area contributed by atoms with Crippen LogP contribution in [0, 0.1) is 12.7 Å². The molecule has 0 unspecified atom stereocenters. The molecule has 0 bridgehead atoms.